The maximum absolute atomic E-state index is 11.4. The van der Waals surface area contributed by atoms with Crippen molar-refractivity contribution in [3.05, 3.63) is 0 Å². The van der Waals surface area contributed by atoms with Gasteiger partial charge in [-0.3, -0.25) is 9.59 Å². The SMILES string of the molecule is CCOC(=O)CS(=O)(=O)CCCCCC(=O)O. The predicted octanol–water partition coefficient (Wildman–Crippen LogP) is 0.609. The van der Waals surface area contributed by atoms with Crippen molar-refractivity contribution in [3.63, 3.8) is 0 Å². The Morgan fingerprint density at radius 1 is 1.18 bits per heavy atom. The maximum Gasteiger partial charge on any atom is 0.321 e. The number of hydrogen-bond acceptors (Lipinski definition) is 5. The van der Waals surface area contributed by atoms with Crippen molar-refractivity contribution in [2.75, 3.05) is 18.1 Å². The lowest BCUT2D eigenvalue weighted by molar-refractivity contribution is -0.140. The van der Waals surface area contributed by atoms with Crippen molar-refractivity contribution in [2.45, 2.75) is 32.6 Å². The fraction of sp³-hybridized carbons (Fsp3) is 0.800. The topological polar surface area (TPSA) is 97.7 Å². The van der Waals surface area contributed by atoms with E-state index >= 15 is 0 Å². The van der Waals surface area contributed by atoms with E-state index in [-0.39, 0.29) is 18.8 Å². The van der Waals surface area contributed by atoms with Crippen LogP contribution in [0, 0.1) is 0 Å². The van der Waals surface area contributed by atoms with Gasteiger partial charge in [-0.1, -0.05) is 6.42 Å². The summed E-state index contributed by atoms with van der Waals surface area (Å²) < 4.78 is 27.3. The predicted molar refractivity (Wildman–Crippen MR) is 61.4 cm³/mol. The standard InChI is InChI=1S/C10H18O6S/c1-2-16-10(13)8-17(14,15)7-5-3-4-6-9(11)12/h2-8H2,1H3,(H,11,12). The maximum atomic E-state index is 11.4. The van der Waals surface area contributed by atoms with Gasteiger partial charge in [0.2, 0.25) is 0 Å². The van der Waals surface area contributed by atoms with E-state index in [1.807, 2.05) is 0 Å². The first kappa shape index (κ1) is 15.9. The van der Waals surface area contributed by atoms with E-state index in [4.69, 9.17) is 5.11 Å². The summed E-state index contributed by atoms with van der Waals surface area (Å²) >= 11 is 0. The number of carbonyl (C=O) groups is 2. The van der Waals surface area contributed by atoms with Gasteiger partial charge in [0, 0.05) is 6.42 Å². The first-order valence-electron chi connectivity index (χ1n) is 5.45. The fourth-order valence-corrected chi connectivity index (χ4v) is 2.46. The number of hydrogen-bond donors (Lipinski definition) is 1. The summed E-state index contributed by atoms with van der Waals surface area (Å²) in [5.74, 6) is -2.33. The second-order valence-corrected chi connectivity index (χ2v) is 5.79. The van der Waals surface area contributed by atoms with Gasteiger partial charge in [0.25, 0.3) is 0 Å². The molecule has 100 valence electrons. The Bertz CT molecular complexity index is 346. The monoisotopic (exact) mass is 266 g/mol. The molecule has 0 atom stereocenters. The molecule has 0 saturated carbocycles. The van der Waals surface area contributed by atoms with Crippen LogP contribution in [0.25, 0.3) is 0 Å². The fourth-order valence-electron chi connectivity index (χ4n) is 1.23. The molecular formula is C10H18O6S. The molecule has 0 aromatic rings. The minimum Gasteiger partial charge on any atom is -0.481 e. The number of ether oxygens (including phenoxy) is 1. The zero-order valence-corrected chi connectivity index (χ0v) is 10.7. The zero-order valence-electron chi connectivity index (χ0n) is 9.85. The molecular weight excluding hydrogens is 248 g/mol. The number of esters is 1. The van der Waals surface area contributed by atoms with Crippen LogP contribution in [0.4, 0.5) is 0 Å². The summed E-state index contributed by atoms with van der Waals surface area (Å²) in [6.45, 7) is 1.77. The van der Waals surface area contributed by atoms with Gasteiger partial charge in [-0.05, 0) is 19.8 Å². The molecule has 0 unspecified atom stereocenters. The highest BCUT2D eigenvalue weighted by molar-refractivity contribution is 7.92. The Kier molecular flexibility index (Phi) is 7.53. The summed E-state index contributed by atoms with van der Waals surface area (Å²) in [7, 11) is -3.43. The highest BCUT2D eigenvalue weighted by Gasteiger charge is 2.16. The lowest BCUT2D eigenvalue weighted by Crippen LogP contribution is -2.21. The van der Waals surface area contributed by atoms with Crippen molar-refractivity contribution in [2.24, 2.45) is 0 Å². The number of carboxylic acids is 1. The molecule has 0 bridgehead atoms. The molecule has 0 saturated heterocycles. The average Bonchev–Trinajstić information content (AvgIpc) is 2.15. The first-order chi connectivity index (χ1) is 7.87. The Morgan fingerprint density at radius 3 is 2.35 bits per heavy atom. The van der Waals surface area contributed by atoms with Gasteiger partial charge >= 0.3 is 11.9 Å². The van der Waals surface area contributed by atoms with E-state index in [0.29, 0.717) is 19.3 Å². The van der Waals surface area contributed by atoms with Crippen molar-refractivity contribution < 1.29 is 27.9 Å². The van der Waals surface area contributed by atoms with Gasteiger partial charge < -0.3 is 9.84 Å². The molecule has 0 aliphatic rings. The number of aliphatic carboxylic acids is 1. The molecule has 0 radical (unpaired) electrons. The van der Waals surface area contributed by atoms with Crippen LogP contribution in [0.5, 0.6) is 0 Å². The molecule has 0 aromatic heterocycles. The molecule has 6 nitrogen and oxygen atoms in total. The van der Waals surface area contributed by atoms with E-state index in [1.165, 1.54) is 0 Å². The van der Waals surface area contributed by atoms with Crippen molar-refractivity contribution >= 4 is 21.8 Å². The van der Waals surface area contributed by atoms with Crippen LogP contribution in [0.15, 0.2) is 0 Å². The molecule has 0 spiro atoms. The van der Waals surface area contributed by atoms with Gasteiger partial charge in [0.05, 0.1) is 12.4 Å². The molecule has 0 rings (SSSR count). The summed E-state index contributed by atoms with van der Waals surface area (Å²) in [5, 5.41) is 8.37. The number of rotatable bonds is 9. The minimum absolute atomic E-state index is 0.0396. The molecule has 0 heterocycles. The van der Waals surface area contributed by atoms with Crippen molar-refractivity contribution in [3.8, 4) is 0 Å². The van der Waals surface area contributed by atoms with E-state index in [0.717, 1.165) is 0 Å². The number of unbranched alkanes of at least 4 members (excludes halogenated alkanes) is 2. The molecule has 0 aliphatic carbocycles. The summed E-state index contributed by atoms with van der Waals surface area (Å²) in [6, 6.07) is 0. The molecule has 17 heavy (non-hydrogen) atoms. The van der Waals surface area contributed by atoms with E-state index in [1.54, 1.807) is 6.92 Å². The molecule has 1 N–H and O–H groups in total. The van der Waals surface area contributed by atoms with Gasteiger partial charge in [-0.15, -0.1) is 0 Å². The quantitative estimate of drug-likeness (QED) is 0.485. The second-order valence-electron chi connectivity index (χ2n) is 3.60. The third-order valence-corrected chi connectivity index (χ3v) is 3.58. The molecule has 0 fully saturated rings. The Balaban J connectivity index is 3.79. The third kappa shape index (κ3) is 9.80. The molecule has 7 heteroatoms. The Morgan fingerprint density at radius 2 is 1.82 bits per heavy atom. The van der Waals surface area contributed by atoms with Crippen molar-refractivity contribution in [1.29, 1.82) is 0 Å². The van der Waals surface area contributed by atoms with Crippen LogP contribution in [0.1, 0.15) is 32.6 Å². The highest BCUT2D eigenvalue weighted by Crippen LogP contribution is 2.04. The van der Waals surface area contributed by atoms with Crippen LogP contribution >= 0.6 is 0 Å². The summed E-state index contributed by atoms with van der Waals surface area (Å²) in [5.41, 5.74) is 0. The smallest absolute Gasteiger partial charge is 0.321 e. The lowest BCUT2D eigenvalue weighted by Gasteiger charge is -2.03. The third-order valence-electron chi connectivity index (χ3n) is 1.99. The minimum atomic E-state index is -3.43. The first-order valence-corrected chi connectivity index (χ1v) is 7.27. The van der Waals surface area contributed by atoms with E-state index in [9.17, 15) is 18.0 Å². The van der Waals surface area contributed by atoms with Crippen LogP contribution in [-0.4, -0.2) is 43.6 Å². The van der Waals surface area contributed by atoms with Crippen molar-refractivity contribution in [1.82, 2.24) is 0 Å². The summed E-state index contributed by atoms with van der Waals surface area (Å²) in [4.78, 5) is 21.2. The number of sulfone groups is 1. The van der Waals surface area contributed by atoms with Gasteiger partial charge in [-0.2, -0.15) is 0 Å². The number of carbonyl (C=O) groups excluding carboxylic acids is 1. The average molecular weight is 266 g/mol. The second kappa shape index (κ2) is 8.05. The largest absolute Gasteiger partial charge is 0.481 e. The van der Waals surface area contributed by atoms with Crippen LogP contribution in [-0.2, 0) is 24.2 Å². The normalized spacial score (nSPS) is 11.1. The zero-order chi connectivity index (χ0) is 13.3. The number of carboxylic acid groups (broad SMARTS) is 1. The summed E-state index contributed by atoms with van der Waals surface area (Å²) in [6.07, 6.45) is 1.38. The van der Waals surface area contributed by atoms with Crippen LogP contribution in [0.3, 0.4) is 0 Å². The lowest BCUT2D eigenvalue weighted by atomic mass is 10.2. The van der Waals surface area contributed by atoms with Crippen LogP contribution < -0.4 is 0 Å². The Labute approximate surface area is 101 Å². The molecule has 0 amide bonds. The van der Waals surface area contributed by atoms with E-state index < -0.39 is 27.5 Å². The van der Waals surface area contributed by atoms with E-state index in [2.05, 4.69) is 4.74 Å². The van der Waals surface area contributed by atoms with Crippen LogP contribution in [0.2, 0.25) is 0 Å². The Hall–Kier alpha value is -1.11. The van der Waals surface area contributed by atoms with Gasteiger partial charge in [0.15, 0.2) is 9.84 Å². The van der Waals surface area contributed by atoms with Gasteiger partial charge in [0.1, 0.15) is 5.75 Å². The van der Waals surface area contributed by atoms with Gasteiger partial charge in [-0.25, -0.2) is 8.42 Å². The highest BCUT2D eigenvalue weighted by atomic mass is 32.2. The molecule has 0 aromatic carbocycles. The molecule has 0 aliphatic heterocycles.